The van der Waals surface area contributed by atoms with Gasteiger partial charge in [0.15, 0.2) is 0 Å². The third-order valence-electron chi connectivity index (χ3n) is 3.03. The van der Waals surface area contributed by atoms with Crippen LogP contribution in [0.4, 0.5) is 4.39 Å². The van der Waals surface area contributed by atoms with Gasteiger partial charge in [0.25, 0.3) is 0 Å². The van der Waals surface area contributed by atoms with Gasteiger partial charge < -0.3 is 5.32 Å². The van der Waals surface area contributed by atoms with Gasteiger partial charge in [-0.25, -0.2) is 4.39 Å². The minimum absolute atomic E-state index is 0. The zero-order valence-corrected chi connectivity index (χ0v) is 13.0. The van der Waals surface area contributed by atoms with E-state index < -0.39 is 0 Å². The fraction of sp³-hybridized carbons (Fsp3) is 0.538. The Kier molecular flexibility index (Phi) is 6.05. The van der Waals surface area contributed by atoms with E-state index in [9.17, 15) is 4.39 Å². The molecule has 1 N–H and O–H groups in total. The molecule has 102 valence electrons. The maximum Gasteiger partial charge on any atom is 0.123 e. The van der Waals surface area contributed by atoms with Crippen LogP contribution in [0.2, 0.25) is 0 Å². The third-order valence-corrected chi connectivity index (χ3v) is 3.81. The van der Waals surface area contributed by atoms with E-state index in [1.165, 1.54) is 6.07 Å². The molecule has 0 spiro atoms. The Morgan fingerprint density at radius 3 is 2.56 bits per heavy atom. The largest absolute Gasteiger partial charge is 0.309 e. The van der Waals surface area contributed by atoms with E-state index in [2.05, 4.69) is 40.0 Å². The standard InChI is InChI=1S/C13H18BrFN2.ClH/c1-9-6-17(7-10(2)16-9)8-11-5-12(15)3-4-13(11)14;/h3-5,9-10,16H,6-8H2,1-2H3;1H. The predicted octanol–water partition coefficient (Wildman–Crippen LogP) is 3.19. The topological polar surface area (TPSA) is 15.3 Å². The van der Waals surface area contributed by atoms with Crippen LogP contribution in [0, 0.1) is 5.82 Å². The van der Waals surface area contributed by atoms with Gasteiger partial charge in [0.05, 0.1) is 0 Å². The Labute approximate surface area is 122 Å². The van der Waals surface area contributed by atoms with Gasteiger partial charge in [-0.05, 0) is 37.6 Å². The van der Waals surface area contributed by atoms with Gasteiger partial charge in [-0.1, -0.05) is 15.9 Å². The van der Waals surface area contributed by atoms with Crippen LogP contribution >= 0.6 is 28.3 Å². The predicted molar refractivity (Wildman–Crippen MR) is 78.7 cm³/mol. The van der Waals surface area contributed by atoms with Gasteiger partial charge in [0, 0.05) is 36.2 Å². The van der Waals surface area contributed by atoms with Crippen molar-refractivity contribution in [1.29, 1.82) is 0 Å². The van der Waals surface area contributed by atoms with Crippen molar-refractivity contribution < 1.29 is 4.39 Å². The molecule has 0 amide bonds. The van der Waals surface area contributed by atoms with E-state index in [1.807, 2.05) is 0 Å². The van der Waals surface area contributed by atoms with Crippen LogP contribution in [0.1, 0.15) is 19.4 Å². The highest BCUT2D eigenvalue weighted by Crippen LogP contribution is 2.20. The SMILES string of the molecule is CC1CN(Cc2cc(F)ccc2Br)CC(C)N1.Cl. The number of piperazine rings is 1. The first-order valence-electron chi connectivity index (χ1n) is 5.97. The Morgan fingerprint density at radius 2 is 1.94 bits per heavy atom. The summed E-state index contributed by atoms with van der Waals surface area (Å²) in [5.41, 5.74) is 1.02. The molecule has 1 heterocycles. The van der Waals surface area contributed by atoms with Gasteiger partial charge in [-0.2, -0.15) is 0 Å². The van der Waals surface area contributed by atoms with Gasteiger partial charge in [0.1, 0.15) is 5.82 Å². The van der Waals surface area contributed by atoms with Gasteiger partial charge in [-0.15, -0.1) is 12.4 Å². The lowest BCUT2D eigenvalue weighted by molar-refractivity contribution is 0.166. The van der Waals surface area contributed by atoms with Crippen LogP contribution in [0.15, 0.2) is 22.7 Å². The maximum absolute atomic E-state index is 13.2. The molecular weight excluding hydrogens is 319 g/mol. The Hall–Kier alpha value is -0.160. The van der Waals surface area contributed by atoms with Crippen LogP contribution in [0.25, 0.3) is 0 Å². The Bertz CT molecular complexity index is 393. The summed E-state index contributed by atoms with van der Waals surface area (Å²) in [6, 6.07) is 5.86. The summed E-state index contributed by atoms with van der Waals surface area (Å²) in [5, 5.41) is 3.49. The lowest BCUT2D eigenvalue weighted by Gasteiger charge is -2.36. The molecule has 0 radical (unpaired) electrons. The third kappa shape index (κ3) is 4.19. The van der Waals surface area contributed by atoms with Crippen molar-refractivity contribution in [3.63, 3.8) is 0 Å². The molecule has 0 saturated carbocycles. The molecule has 1 aromatic rings. The first kappa shape index (κ1) is 15.9. The van der Waals surface area contributed by atoms with Gasteiger partial charge in [0.2, 0.25) is 0 Å². The molecule has 5 heteroatoms. The van der Waals surface area contributed by atoms with E-state index in [0.29, 0.717) is 12.1 Å². The molecule has 0 aliphatic carbocycles. The number of nitrogens with zero attached hydrogens (tertiary/aromatic N) is 1. The minimum Gasteiger partial charge on any atom is -0.309 e. The molecule has 2 rings (SSSR count). The molecule has 2 unspecified atom stereocenters. The molecule has 1 saturated heterocycles. The monoisotopic (exact) mass is 336 g/mol. The van der Waals surface area contributed by atoms with Crippen LogP contribution in [-0.4, -0.2) is 30.1 Å². The summed E-state index contributed by atoms with van der Waals surface area (Å²) < 4.78 is 14.2. The van der Waals surface area contributed by atoms with E-state index in [0.717, 1.165) is 29.7 Å². The summed E-state index contributed by atoms with van der Waals surface area (Å²) in [6.45, 7) is 7.18. The van der Waals surface area contributed by atoms with E-state index >= 15 is 0 Å². The number of halogens is 3. The van der Waals surface area contributed by atoms with Crippen LogP contribution < -0.4 is 5.32 Å². The first-order chi connectivity index (χ1) is 8.04. The van der Waals surface area contributed by atoms with E-state index in [4.69, 9.17) is 0 Å². The number of hydrogen-bond donors (Lipinski definition) is 1. The summed E-state index contributed by atoms with van der Waals surface area (Å²) in [5.74, 6) is -0.167. The second-order valence-corrected chi connectivity index (χ2v) is 5.75. The molecule has 0 aromatic heterocycles. The lowest BCUT2D eigenvalue weighted by Crippen LogP contribution is -2.53. The molecule has 2 nitrogen and oxygen atoms in total. The van der Waals surface area contributed by atoms with Crippen molar-refractivity contribution in [3.8, 4) is 0 Å². The summed E-state index contributed by atoms with van der Waals surface area (Å²) in [7, 11) is 0. The smallest absolute Gasteiger partial charge is 0.123 e. The van der Waals surface area contributed by atoms with Crippen LogP contribution in [0.5, 0.6) is 0 Å². The van der Waals surface area contributed by atoms with Crippen molar-refractivity contribution >= 4 is 28.3 Å². The van der Waals surface area contributed by atoms with Crippen LogP contribution in [0.3, 0.4) is 0 Å². The normalized spacial score (nSPS) is 24.7. The number of nitrogens with one attached hydrogen (secondary N) is 1. The molecule has 1 aliphatic heterocycles. The van der Waals surface area contributed by atoms with Gasteiger partial charge in [-0.3, -0.25) is 4.90 Å². The van der Waals surface area contributed by atoms with E-state index in [-0.39, 0.29) is 18.2 Å². The highest BCUT2D eigenvalue weighted by atomic mass is 79.9. The summed E-state index contributed by atoms with van der Waals surface area (Å²) in [4.78, 5) is 2.37. The number of benzene rings is 1. The zero-order valence-electron chi connectivity index (χ0n) is 10.6. The first-order valence-corrected chi connectivity index (χ1v) is 6.76. The Morgan fingerprint density at radius 1 is 1.33 bits per heavy atom. The minimum atomic E-state index is -0.167. The fourth-order valence-electron chi connectivity index (χ4n) is 2.47. The van der Waals surface area contributed by atoms with Crippen LogP contribution in [-0.2, 0) is 6.54 Å². The molecule has 18 heavy (non-hydrogen) atoms. The second-order valence-electron chi connectivity index (χ2n) is 4.90. The number of rotatable bonds is 2. The van der Waals surface area contributed by atoms with Crippen molar-refractivity contribution in [2.45, 2.75) is 32.5 Å². The van der Waals surface area contributed by atoms with E-state index in [1.54, 1.807) is 12.1 Å². The molecule has 1 fully saturated rings. The lowest BCUT2D eigenvalue weighted by atomic mass is 10.1. The highest BCUT2D eigenvalue weighted by molar-refractivity contribution is 9.10. The van der Waals surface area contributed by atoms with Crippen molar-refractivity contribution in [1.82, 2.24) is 10.2 Å². The Balaban J connectivity index is 0.00000162. The zero-order chi connectivity index (χ0) is 12.4. The summed E-state index contributed by atoms with van der Waals surface area (Å²) >= 11 is 3.48. The molecule has 1 aliphatic rings. The molecule has 0 bridgehead atoms. The summed E-state index contributed by atoms with van der Waals surface area (Å²) in [6.07, 6.45) is 0. The van der Waals surface area contributed by atoms with Crippen molar-refractivity contribution in [2.24, 2.45) is 0 Å². The average molecular weight is 338 g/mol. The molecule has 1 aromatic carbocycles. The quantitative estimate of drug-likeness (QED) is 0.891. The molecular formula is C13H19BrClFN2. The highest BCUT2D eigenvalue weighted by Gasteiger charge is 2.21. The van der Waals surface area contributed by atoms with Gasteiger partial charge >= 0.3 is 0 Å². The average Bonchev–Trinajstić information content (AvgIpc) is 2.22. The number of hydrogen-bond acceptors (Lipinski definition) is 2. The molecule has 2 atom stereocenters. The van der Waals surface area contributed by atoms with Crippen molar-refractivity contribution in [2.75, 3.05) is 13.1 Å². The second kappa shape index (κ2) is 6.85. The fourth-order valence-corrected chi connectivity index (χ4v) is 2.85. The maximum atomic E-state index is 13.2. The van der Waals surface area contributed by atoms with Crippen molar-refractivity contribution in [3.05, 3.63) is 34.1 Å².